The molecule has 0 radical (unpaired) electrons. The number of hydrogen-bond acceptors (Lipinski definition) is 6. The van der Waals surface area contributed by atoms with Gasteiger partial charge in [0.25, 0.3) is 5.91 Å². The van der Waals surface area contributed by atoms with Gasteiger partial charge in [-0.3, -0.25) is 19.3 Å². The Morgan fingerprint density at radius 2 is 1.91 bits per heavy atom. The first-order valence-corrected chi connectivity index (χ1v) is 11.5. The number of rotatable bonds is 8. The highest BCUT2D eigenvalue weighted by molar-refractivity contribution is 8.00. The molecule has 1 aliphatic rings. The lowest BCUT2D eigenvalue weighted by molar-refractivity contribution is -0.139. The number of piperidine rings is 1. The van der Waals surface area contributed by atoms with Gasteiger partial charge < -0.3 is 15.8 Å². The van der Waals surface area contributed by atoms with E-state index in [-0.39, 0.29) is 23.7 Å². The van der Waals surface area contributed by atoms with Crippen molar-refractivity contribution in [3.63, 3.8) is 0 Å². The van der Waals surface area contributed by atoms with Gasteiger partial charge in [-0.2, -0.15) is 0 Å². The number of nitrogens with zero attached hydrogens (tertiary/aromatic N) is 1. The molecule has 1 aliphatic heterocycles. The molecule has 2 aromatic rings. The molecule has 0 aromatic heterocycles. The van der Waals surface area contributed by atoms with E-state index < -0.39 is 5.25 Å². The molecule has 3 rings (SSSR count). The molecule has 7 nitrogen and oxygen atoms in total. The number of carbonyl (C=O) groups excluding carboxylic acids is 3. The summed E-state index contributed by atoms with van der Waals surface area (Å²) in [4.78, 5) is 39.0. The van der Waals surface area contributed by atoms with Crippen LogP contribution in [0.2, 0.25) is 0 Å². The zero-order valence-corrected chi connectivity index (χ0v) is 19.2. The first-order valence-electron chi connectivity index (χ1n) is 10.6. The Bertz CT molecular complexity index is 964. The van der Waals surface area contributed by atoms with Gasteiger partial charge in [0.1, 0.15) is 5.25 Å². The number of anilines is 1. The summed E-state index contributed by atoms with van der Waals surface area (Å²) in [7, 11) is 1.35. The summed E-state index contributed by atoms with van der Waals surface area (Å²) >= 11 is 1.29. The summed E-state index contributed by atoms with van der Waals surface area (Å²) in [6, 6.07) is 14.9. The van der Waals surface area contributed by atoms with E-state index >= 15 is 0 Å². The second-order valence-corrected chi connectivity index (χ2v) is 9.29. The monoisotopic (exact) mass is 455 g/mol. The second-order valence-electron chi connectivity index (χ2n) is 7.91. The number of carbonyl (C=O) groups is 3. The lowest BCUT2D eigenvalue weighted by atomic mass is 9.97. The van der Waals surface area contributed by atoms with Gasteiger partial charge in [0.05, 0.1) is 18.6 Å². The van der Waals surface area contributed by atoms with Crippen LogP contribution in [-0.2, 0) is 20.9 Å². The molecule has 3 N–H and O–H groups in total. The van der Waals surface area contributed by atoms with Crippen molar-refractivity contribution in [3.05, 3.63) is 59.7 Å². The number of nitrogens with one attached hydrogen (secondary N) is 1. The number of nitrogens with two attached hydrogens (primary N) is 1. The van der Waals surface area contributed by atoms with Crippen molar-refractivity contribution >= 4 is 35.2 Å². The predicted molar refractivity (Wildman–Crippen MR) is 125 cm³/mol. The molecule has 0 aliphatic carbocycles. The fourth-order valence-electron chi connectivity index (χ4n) is 3.74. The van der Waals surface area contributed by atoms with Crippen molar-refractivity contribution in [2.75, 3.05) is 25.5 Å². The number of methoxy groups -OCH3 is 1. The van der Waals surface area contributed by atoms with Gasteiger partial charge in [0.2, 0.25) is 5.91 Å². The van der Waals surface area contributed by atoms with Crippen LogP contribution in [-0.4, -0.2) is 48.1 Å². The van der Waals surface area contributed by atoms with Crippen LogP contribution in [0.25, 0.3) is 0 Å². The number of esters is 1. The van der Waals surface area contributed by atoms with Gasteiger partial charge in [-0.15, -0.1) is 11.8 Å². The minimum absolute atomic E-state index is 0.0813. The third-order valence-corrected chi connectivity index (χ3v) is 6.65. The van der Waals surface area contributed by atoms with Crippen molar-refractivity contribution in [1.82, 2.24) is 4.90 Å². The van der Waals surface area contributed by atoms with Gasteiger partial charge in [0.15, 0.2) is 0 Å². The average Bonchev–Trinajstić information content (AvgIpc) is 2.80. The first-order chi connectivity index (χ1) is 15.4. The van der Waals surface area contributed by atoms with Gasteiger partial charge in [-0.05, 0) is 56.1 Å². The minimum atomic E-state index is -0.419. The lowest BCUT2D eigenvalue weighted by Gasteiger charge is -2.31. The van der Waals surface area contributed by atoms with E-state index in [1.165, 1.54) is 18.9 Å². The summed E-state index contributed by atoms with van der Waals surface area (Å²) in [6.45, 7) is 4.12. The molecule has 1 fully saturated rings. The number of amides is 2. The van der Waals surface area contributed by atoms with Crippen LogP contribution in [0.3, 0.4) is 0 Å². The maximum absolute atomic E-state index is 12.9. The Balaban J connectivity index is 1.62. The van der Waals surface area contributed by atoms with Crippen LogP contribution in [0, 0.1) is 5.92 Å². The van der Waals surface area contributed by atoms with Gasteiger partial charge in [-0.1, -0.05) is 24.3 Å². The maximum atomic E-state index is 12.9. The molecule has 32 heavy (non-hydrogen) atoms. The van der Waals surface area contributed by atoms with Crippen molar-refractivity contribution in [3.8, 4) is 0 Å². The third-order valence-electron chi connectivity index (χ3n) is 5.49. The normalized spacial score (nSPS) is 17.4. The fourth-order valence-corrected chi connectivity index (χ4v) is 4.76. The van der Waals surface area contributed by atoms with E-state index in [1.807, 2.05) is 36.4 Å². The van der Waals surface area contributed by atoms with Crippen LogP contribution >= 0.6 is 11.8 Å². The van der Waals surface area contributed by atoms with E-state index in [0.717, 1.165) is 31.5 Å². The summed E-state index contributed by atoms with van der Waals surface area (Å²) in [5.74, 6) is -0.885. The van der Waals surface area contributed by atoms with Gasteiger partial charge >= 0.3 is 5.97 Å². The smallest absolute Gasteiger partial charge is 0.318 e. The quantitative estimate of drug-likeness (QED) is 0.468. The van der Waals surface area contributed by atoms with E-state index in [4.69, 9.17) is 10.5 Å². The fraction of sp³-hybridized carbons (Fsp3) is 0.375. The van der Waals surface area contributed by atoms with Gasteiger partial charge in [-0.25, -0.2) is 0 Å². The molecule has 2 atom stereocenters. The standard InChI is InChI=1S/C24H29N3O4S/c1-16(24(30)31-2)32-21-8-4-3-7-20(21)23(29)26-19-11-9-17(10-12-19)14-27-13-5-6-18(15-27)22(25)28/h3-4,7-12,16,18H,5-6,13-15H2,1-2H3,(H2,25,28)(H,26,29). The molecular weight excluding hydrogens is 426 g/mol. The van der Waals surface area contributed by atoms with E-state index in [1.54, 1.807) is 19.1 Å². The topological polar surface area (TPSA) is 102 Å². The maximum Gasteiger partial charge on any atom is 0.318 e. The summed E-state index contributed by atoms with van der Waals surface area (Å²) < 4.78 is 4.78. The van der Waals surface area contributed by atoms with Crippen molar-refractivity contribution < 1.29 is 19.1 Å². The zero-order chi connectivity index (χ0) is 23.1. The minimum Gasteiger partial charge on any atom is -0.468 e. The molecule has 0 bridgehead atoms. The summed E-state index contributed by atoms with van der Waals surface area (Å²) in [6.07, 6.45) is 1.82. The number of benzene rings is 2. The molecule has 2 aromatic carbocycles. The molecular formula is C24H29N3O4S. The van der Waals surface area contributed by atoms with Gasteiger partial charge in [0, 0.05) is 23.7 Å². The largest absolute Gasteiger partial charge is 0.468 e. The lowest BCUT2D eigenvalue weighted by Crippen LogP contribution is -2.40. The van der Waals surface area contributed by atoms with Crippen molar-refractivity contribution in [2.45, 2.75) is 36.5 Å². The molecule has 2 unspecified atom stereocenters. The SMILES string of the molecule is COC(=O)C(C)Sc1ccccc1C(=O)Nc1ccc(CN2CCCC(C(N)=O)C2)cc1. The van der Waals surface area contributed by atoms with E-state index in [2.05, 4.69) is 10.2 Å². The highest BCUT2D eigenvalue weighted by Crippen LogP contribution is 2.28. The second kappa shape index (κ2) is 11.2. The summed E-state index contributed by atoms with van der Waals surface area (Å²) in [5.41, 5.74) is 7.76. The van der Waals surface area contributed by atoms with Crippen LogP contribution in [0.4, 0.5) is 5.69 Å². The molecule has 170 valence electrons. The molecule has 2 amide bonds. The Morgan fingerprint density at radius 1 is 1.19 bits per heavy atom. The molecule has 1 heterocycles. The number of ether oxygens (including phenoxy) is 1. The highest BCUT2D eigenvalue weighted by Gasteiger charge is 2.24. The van der Waals surface area contributed by atoms with Crippen LogP contribution in [0.5, 0.6) is 0 Å². The van der Waals surface area contributed by atoms with Crippen molar-refractivity contribution in [1.29, 1.82) is 0 Å². The molecule has 0 spiro atoms. The average molecular weight is 456 g/mol. The third kappa shape index (κ3) is 6.34. The Labute approximate surface area is 192 Å². The summed E-state index contributed by atoms with van der Waals surface area (Å²) in [5, 5.41) is 2.51. The number of thioether (sulfide) groups is 1. The number of hydrogen-bond donors (Lipinski definition) is 2. The highest BCUT2D eigenvalue weighted by atomic mass is 32.2. The Kier molecular flexibility index (Phi) is 8.30. The van der Waals surface area contributed by atoms with Crippen LogP contribution < -0.4 is 11.1 Å². The predicted octanol–water partition coefficient (Wildman–Crippen LogP) is 3.29. The van der Waals surface area contributed by atoms with E-state index in [0.29, 0.717) is 22.7 Å². The first kappa shape index (κ1) is 23.8. The number of primary amides is 1. The zero-order valence-electron chi connectivity index (χ0n) is 18.4. The van der Waals surface area contributed by atoms with Crippen LogP contribution in [0.1, 0.15) is 35.7 Å². The van der Waals surface area contributed by atoms with Crippen LogP contribution in [0.15, 0.2) is 53.4 Å². The van der Waals surface area contributed by atoms with Crippen molar-refractivity contribution in [2.24, 2.45) is 11.7 Å². The van der Waals surface area contributed by atoms with E-state index in [9.17, 15) is 14.4 Å². The molecule has 0 saturated carbocycles. The number of likely N-dealkylation sites (tertiary alicyclic amines) is 1. The Hall–Kier alpha value is -2.84. The molecule has 8 heteroatoms. The Morgan fingerprint density at radius 3 is 2.59 bits per heavy atom. The molecule has 1 saturated heterocycles.